The molecule has 0 saturated carbocycles. The molecule has 2 aromatic rings. The van der Waals surface area contributed by atoms with Crippen molar-refractivity contribution >= 4 is 44.0 Å². The Morgan fingerprint density at radius 1 is 1.20 bits per heavy atom. The lowest BCUT2D eigenvalue weighted by Crippen LogP contribution is -2.37. The van der Waals surface area contributed by atoms with E-state index in [-0.39, 0.29) is 40.9 Å². The third-order valence-corrected chi connectivity index (χ3v) is 8.23. The third kappa shape index (κ3) is 4.52. The molecule has 0 spiro atoms. The number of anilines is 2. The van der Waals surface area contributed by atoms with Crippen LogP contribution in [0.25, 0.3) is 0 Å². The molecule has 1 fully saturated rings. The van der Waals surface area contributed by atoms with Crippen LogP contribution in [0.5, 0.6) is 0 Å². The van der Waals surface area contributed by atoms with Crippen molar-refractivity contribution < 1.29 is 17.6 Å². The summed E-state index contributed by atoms with van der Waals surface area (Å²) in [6.45, 7) is 3.77. The Labute approximate surface area is 179 Å². The smallest absolute Gasteiger partial charge is 0.244 e. The van der Waals surface area contributed by atoms with E-state index in [1.54, 1.807) is 18.2 Å². The predicted molar refractivity (Wildman–Crippen MR) is 120 cm³/mol. The molecule has 1 N–H and O–H groups in total. The number of halogens is 1. The molecule has 158 valence electrons. The SMILES string of the molecule is Cc1cc(C)cc(NC(=O)CN(C2=N[C@@H]3CS(=O)(=O)C[C@@H]3S2)c2ccccc2F)c1. The fraction of sp³-hybridized carbons (Fsp3) is 0.333. The number of thioether (sulfide) groups is 1. The molecule has 0 radical (unpaired) electrons. The number of nitrogens with zero attached hydrogens (tertiary/aromatic N) is 2. The first-order valence-corrected chi connectivity index (χ1v) is 12.3. The molecular formula is C21H22FN3O3S2. The molecule has 0 unspecified atom stereocenters. The first kappa shape index (κ1) is 20.9. The Hall–Kier alpha value is -2.39. The summed E-state index contributed by atoms with van der Waals surface area (Å²) in [6.07, 6.45) is 0. The van der Waals surface area contributed by atoms with Gasteiger partial charge in [0.2, 0.25) is 5.91 Å². The molecule has 2 aliphatic rings. The van der Waals surface area contributed by atoms with Gasteiger partial charge < -0.3 is 10.2 Å². The second-order valence-corrected chi connectivity index (χ2v) is 11.0. The molecule has 9 heteroatoms. The van der Waals surface area contributed by atoms with E-state index in [2.05, 4.69) is 10.3 Å². The van der Waals surface area contributed by atoms with E-state index in [0.29, 0.717) is 10.9 Å². The van der Waals surface area contributed by atoms with Crippen LogP contribution in [0.2, 0.25) is 0 Å². The van der Waals surface area contributed by atoms with Crippen LogP contribution >= 0.6 is 11.8 Å². The Bertz CT molecular complexity index is 1110. The molecule has 2 atom stereocenters. The molecule has 2 aliphatic heterocycles. The van der Waals surface area contributed by atoms with Crippen molar-refractivity contribution in [1.29, 1.82) is 0 Å². The van der Waals surface area contributed by atoms with Gasteiger partial charge in [0.15, 0.2) is 15.0 Å². The number of hydrogen-bond acceptors (Lipinski definition) is 6. The number of carbonyl (C=O) groups excluding carboxylic acids is 1. The number of amidine groups is 1. The van der Waals surface area contributed by atoms with E-state index in [0.717, 1.165) is 11.1 Å². The number of hydrogen-bond donors (Lipinski definition) is 1. The van der Waals surface area contributed by atoms with Gasteiger partial charge in [0, 0.05) is 10.9 Å². The van der Waals surface area contributed by atoms with Gasteiger partial charge in [-0.1, -0.05) is 30.0 Å². The Kier molecular flexibility index (Phi) is 5.59. The summed E-state index contributed by atoms with van der Waals surface area (Å²) in [6, 6.07) is 11.6. The van der Waals surface area contributed by atoms with Gasteiger partial charge in [0.25, 0.3) is 0 Å². The average molecular weight is 448 g/mol. The molecule has 4 rings (SSSR count). The zero-order valence-electron chi connectivity index (χ0n) is 16.6. The molecule has 1 amide bonds. The number of rotatable bonds is 4. The lowest BCUT2D eigenvalue weighted by Gasteiger charge is -2.24. The molecule has 0 aromatic heterocycles. The number of sulfone groups is 1. The Morgan fingerprint density at radius 2 is 1.90 bits per heavy atom. The topological polar surface area (TPSA) is 78.8 Å². The predicted octanol–water partition coefficient (Wildman–Crippen LogP) is 3.16. The summed E-state index contributed by atoms with van der Waals surface area (Å²) in [5.41, 5.74) is 2.97. The Morgan fingerprint density at radius 3 is 2.57 bits per heavy atom. The minimum atomic E-state index is -3.10. The summed E-state index contributed by atoms with van der Waals surface area (Å²) >= 11 is 1.30. The third-order valence-electron chi connectivity index (χ3n) is 4.99. The highest BCUT2D eigenvalue weighted by atomic mass is 32.2. The zero-order valence-corrected chi connectivity index (χ0v) is 18.3. The van der Waals surface area contributed by atoms with Crippen LogP contribution in [-0.4, -0.2) is 48.8 Å². The van der Waals surface area contributed by atoms with Crippen molar-refractivity contribution in [3.8, 4) is 0 Å². The van der Waals surface area contributed by atoms with Crippen molar-refractivity contribution in [2.75, 3.05) is 28.3 Å². The van der Waals surface area contributed by atoms with Gasteiger partial charge in [0.1, 0.15) is 12.4 Å². The van der Waals surface area contributed by atoms with E-state index < -0.39 is 15.7 Å². The van der Waals surface area contributed by atoms with Gasteiger partial charge in [-0.25, -0.2) is 12.8 Å². The number of amides is 1. The molecule has 2 aromatic carbocycles. The van der Waals surface area contributed by atoms with Gasteiger partial charge >= 0.3 is 0 Å². The van der Waals surface area contributed by atoms with Crippen molar-refractivity contribution in [3.05, 3.63) is 59.4 Å². The van der Waals surface area contributed by atoms with Gasteiger partial charge in [0.05, 0.1) is 23.2 Å². The van der Waals surface area contributed by atoms with E-state index in [1.807, 2.05) is 32.0 Å². The van der Waals surface area contributed by atoms with Gasteiger partial charge in [-0.2, -0.15) is 0 Å². The van der Waals surface area contributed by atoms with E-state index >= 15 is 0 Å². The number of nitrogens with one attached hydrogen (secondary N) is 1. The van der Waals surface area contributed by atoms with Crippen LogP contribution in [0.1, 0.15) is 11.1 Å². The van der Waals surface area contributed by atoms with E-state index in [9.17, 15) is 17.6 Å². The standard InChI is InChI=1S/C21H22FN3O3S2/c1-13-7-14(2)9-15(8-13)23-20(26)10-25(18-6-4-3-5-16(18)22)21-24-17-11-30(27,28)12-19(17)29-21/h3-9,17,19H,10-12H2,1-2H3,(H,23,26)/t17-,19+/m1/s1. The number of benzene rings is 2. The van der Waals surface area contributed by atoms with Crippen LogP contribution < -0.4 is 10.2 Å². The molecule has 1 saturated heterocycles. The second-order valence-electron chi connectivity index (χ2n) is 7.67. The summed E-state index contributed by atoms with van der Waals surface area (Å²) in [5, 5.41) is 3.15. The lowest BCUT2D eigenvalue weighted by atomic mass is 10.1. The summed E-state index contributed by atoms with van der Waals surface area (Å²) < 4.78 is 38.3. The van der Waals surface area contributed by atoms with Gasteiger partial charge in [-0.3, -0.25) is 9.79 Å². The maximum Gasteiger partial charge on any atom is 0.244 e. The maximum atomic E-state index is 14.6. The van der Waals surface area contributed by atoms with Crippen molar-refractivity contribution in [3.63, 3.8) is 0 Å². The summed E-state index contributed by atoms with van der Waals surface area (Å²) in [4.78, 5) is 18.9. The number of carbonyl (C=O) groups is 1. The van der Waals surface area contributed by atoms with Gasteiger partial charge in [-0.15, -0.1) is 0 Å². The van der Waals surface area contributed by atoms with Crippen molar-refractivity contribution in [2.24, 2.45) is 4.99 Å². The minimum Gasteiger partial charge on any atom is -0.325 e. The fourth-order valence-corrected chi connectivity index (χ4v) is 7.56. The zero-order chi connectivity index (χ0) is 21.5. The molecular weight excluding hydrogens is 425 g/mol. The highest BCUT2D eigenvalue weighted by molar-refractivity contribution is 8.15. The monoisotopic (exact) mass is 447 g/mol. The summed E-state index contributed by atoms with van der Waals surface area (Å²) in [5.74, 6) is -0.732. The van der Waals surface area contributed by atoms with Crippen LogP contribution in [0.15, 0.2) is 47.5 Å². The normalized spacial score (nSPS) is 21.8. The number of aryl methyl sites for hydroxylation is 2. The highest BCUT2D eigenvalue weighted by Gasteiger charge is 2.44. The molecule has 2 heterocycles. The largest absolute Gasteiger partial charge is 0.325 e. The first-order valence-electron chi connectivity index (χ1n) is 9.55. The van der Waals surface area contributed by atoms with E-state index in [4.69, 9.17) is 0 Å². The molecule has 30 heavy (non-hydrogen) atoms. The van der Waals surface area contributed by atoms with Crippen LogP contribution in [0.4, 0.5) is 15.8 Å². The average Bonchev–Trinajstić information content (AvgIpc) is 3.13. The quantitative estimate of drug-likeness (QED) is 0.779. The van der Waals surface area contributed by atoms with Crippen LogP contribution in [-0.2, 0) is 14.6 Å². The first-order chi connectivity index (χ1) is 14.2. The number of aliphatic imine (C=N–C) groups is 1. The molecule has 6 nitrogen and oxygen atoms in total. The number of fused-ring (bicyclic) bond motifs is 1. The Balaban J connectivity index is 1.59. The minimum absolute atomic E-state index is 0.00591. The summed E-state index contributed by atoms with van der Waals surface area (Å²) in [7, 11) is -3.10. The lowest BCUT2D eigenvalue weighted by molar-refractivity contribution is -0.114. The second kappa shape index (κ2) is 8.03. The van der Waals surface area contributed by atoms with Crippen molar-refractivity contribution in [2.45, 2.75) is 25.1 Å². The fourth-order valence-electron chi connectivity index (χ4n) is 3.79. The van der Waals surface area contributed by atoms with E-state index in [1.165, 1.54) is 22.7 Å². The molecule has 0 bridgehead atoms. The maximum absolute atomic E-state index is 14.6. The molecule has 0 aliphatic carbocycles. The van der Waals surface area contributed by atoms with Gasteiger partial charge in [-0.05, 0) is 49.2 Å². The highest BCUT2D eigenvalue weighted by Crippen LogP contribution is 2.37. The van der Waals surface area contributed by atoms with Crippen LogP contribution in [0, 0.1) is 19.7 Å². The van der Waals surface area contributed by atoms with Crippen LogP contribution in [0.3, 0.4) is 0 Å². The number of para-hydroxylation sites is 1. The van der Waals surface area contributed by atoms with Crippen molar-refractivity contribution in [1.82, 2.24) is 0 Å².